The molecule has 0 fully saturated rings. The fraction of sp³-hybridized carbons (Fsp3) is 0.269. The van der Waals surface area contributed by atoms with E-state index in [1.54, 1.807) is 18.3 Å². The molecule has 0 saturated heterocycles. The molecule has 1 heterocycles. The molecule has 0 saturated carbocycles. The van der Waals surface area contributed by atoms with Crippen LogP contribution in [0.4, 0.5) is 0 Å². The maximum atomic E-state index is 13.5. The van der Waals surface area contributed by atoms with E-state index >= 15 is 0 Å². The maximum Gasteiger partial charge on any atom is 0.243 e. The molecule has 3 aromatic rings. The third-order valence-electron chi connectivity index (χ3n) is 5.56. The summed E-state index contributed by atoms with van der Waals surface area (Å²) in [6, 6.07) is 23.3. The zero-order valence-corrected chi connectivity index (χ0v) is 20.7. The van der Waals surface area contributed by atoms with Crippen molar-refractivity contribution in [2.75, 3.05) is 19.8 Å². The van der Waals surface area contributed by atoms with Crippen molar-refractivity contribution in [3.8, 4) is 0 Å². The van der Waals surface area contributed by atoms with Gasteiger partial charge in [-0.25, -0.2) is 8.42 Å². The van der Waals surface area contributed by atoms with Gasteiger partial charge in [0.05, 0.1) is 25.0 Å². The van der Waals surface area contributed by atoms with Crippen LogP contribution in [0.2, 0.25) is 0 Å². The van der Waals surface area contributed by atoms with Crippen molar-refractivity contribution in [1.29, 1.82) is 0 Å². The van der Waals surface area contributed by atoms with E-state index in [1.807, 2.05) is 66.7 Å². The molecule has 0 aliphatic carbocycles. The van der Waals surface area contributed by atoms with Crippen molar-refractivity contribution in [3.05, 3.63) is 102 Å². The van der Waals surface area contributed by atoms with Crippen LogP contribution in [0.1, 0.15) is 16.8 Å². The number of aromatic nitrogens is 1. The largest absolute Gasteiger partial charge is 0.349 e. The fourth-order valence-electron chi connectivity index (χ4n) is 3.53. The van der Waals surface area contributed by atoms with Crippen LogP contribution in [0, 0.1) is 0 Å². The van der Waals surface area contributed by atoms with Crippen LogP contribution in [0.25, 0.3) is 0 Å². The van der Waals surface area contributed by atoms with Gasteiger partial charge in [0, 0.05) is 26.2 Å². The number of carbonyl (C=O) groups is 2. The van der Waals surface area contributed by atoms with Crippen molar-refractivity contribution in [1.82, 2.24) is 19.5 Å². The monoisotopic (exact) mass is 494 g/mol. The van der Waals surface area contributed by atoms with Gasteiger partial charge in [-0.05, 0) is 23.3 Å². The quantitative estimate of drug-likeness (QED) is 0.441. The summed E-state index contributed by atoms with van der Waals surface area (Å²) in [5.41, 5.74) is 2.41. The van der Waals surface area contributed by atoms with Crippen LogP contribution in [0.3, 0.4) is 0 Å². The molecule has 8 nitrogen and oxygen atoms in total. The Kier molecular flexibility index (Phi) is 9.11. The number of carbonyl (C=O) groups excluding carboxylic acids is 2. The Morgan fingerprint density at radius 2 is 1.51 bits per heavy atom. The summed E-state index contributed by atoms with van der Waals surface area (Å²) in [7, 11) is -2.23. The standard InChI is InChI=1S/C26H30N4O4S/c1-29(35(2,33)34)20-25(31)30(19-22-13-7-4-8-14-22)24(17-21-11-5-3-6-12-21)26(32)28-18-23-15-9-10-16-27-23/h3-16,24H,17-20H2,1-2H3,(H,28,32)/t24-/m1/s1. The topological polar surface area (TPSA) is 99.7 Å². The molecule has 0 bridgehead atoms. The summed E-state index contributed by atoms with van der Waals surface area (Å²) < 4.78 is 24.9. The number of rotatable bonds is 11. The second-order valence-corrected chi connectivity index (χ2v) is 10.4. The highest BCUT2D eigenvalue weighted by Crippen LogP contribution is 2.16. The van der Waals surface area contributed by atoms with E-state index in [4.69, 9.17) is 0 Å². The van der Waals surface area contributed by atoms with E-state index in [2.05, 4.69) is 10.3 Å². The van der Waals surface area contributed by atoms with Crippen molar-refractivity contribution in [2.45, 2.75) is 25.6 Å². The van der Waals surface area contributed by atoms with Gasteiger partial charge in [0.1, 0.15) is 6.04 Å². The molecule has 0 spiro atoms. The lowest BCUT2D eigenvalue weighted by atomic mass is 10.0. The summed E-state index contributed by atoms with van der Waals surface area (Å²) in [5.74, 6) is -0.804. The smallest absolute Gasteiger partial charge is 0.243 e. The first-order chi connectivity index (χ1) is 16.7. The first kappa shape index (κ1) is 26.1. The van der Waals surface area contributed by atoms with Gasteiger partial charge < -0.3 is 10.2 Å². The first-order valence-corrected chi connectivity index (χ1v) is 13.0. The van der Waals surface area contributed by atoms with Crippen molar-refractivity contribution in [2.24, 2.45) is 0 Å². The molecule has 35 heavy (non-hydrogen) atoms. The lowest BCUT2D eigenvalue weighted by molar-refractivity contribution is -0.141. The van der Waals surface area contributed by atoms with Gasteiger partial charge in [-0.1, -0.05) is 66.7 Å². The lowest BCUT2D eigenvalue weighted by Crippen LogP contribution is -2.52. The number of benzene rings is 2. The zero-order chi connectivity index (χ0) is 25.3. The van der Waals surface area contributed by atoms with E-state index in [9.17, 15) is 18.0 Å². The average Bonchev–Trinajstić information content (AvgIpc) is 2.86. The normalized spacial score (nSPS) is 12.2. The molecule has 1 N–H and O–H groups in total. The summed E-state index contributed by atoms with van der Waals surface area (Å²) in [4.78, 5) is 32.6. The van der Waals surface area contributed by atoms with E-state index < -0.39 is 22.0 Å². The summed E-state index contributed by atoms with van der Waals surface area (Å²) in [6.45, 7) is -0.00215. The molecule has 3 rings (SSSR count). The molecular weight excluding hydrogens is 464 g/mol. The van der Waals surface area contributed by atoms with E-state index in [1.165, 1.54) is 11.9 Å². The third kappa shape index (κ3) is 8.01. The molecule has 0 aliphatic heterocycles. The van der Waals surface area contributed by atoms with E-state index in [0.29, 0.717) is 5.69 Å². The number of pyridine rings is 1. The highest BCUT2D eigenvalue weighted by molar-refractivity contribution is 7.88. The van der Waals surface area contributed by atoms with Crippen LogP contribution in [-0.2, 0) is 39.1 Å². The lowest BCUT2D eigenvalue weighted by Gasteiger charge is -2.32. The van der Waals surface area contributed by atoms with Gasteiger partial charge in [0.25, 0.3) is 0 Å². The van der Waals surface area contributed by atoms with Gasteiger partial charge >= 0.3 is 0 Å². The predicted molar refractivity (Wildman–Crippen MR) is 134 cm³/mol. The highest BCUT2D eigenvalue weighted by Gasteiger charge is 2.31. The molecule has 0 radical (unpaired) electrons. The van der Waals surface area contributed by atoms with Crippen LogP contribution in [-0.4, -0.2) is 60.3 Å². The summed E-state index contributed by atoms with van der Waals surface area (Å²) in [5, 5.41) is 2.90. The molecular formula is C26H30N4O4S. The van der Waals surface area contributed by atoms with Gasteiger partial charge in [0.15, 0.2) is 0 Å². The zero-order valence-electron chi connectivity index (χ0n) is 19.9. The average molecular weight is 495 g/mol. The molecule has 9 heteroatoms. The Morgan fingerprint density at radius 1 is 0.914 bits per heavy atom. The Morgan fingerprint density at radius 3 is 2.09 bits per heavy atom. The summed E-state index contributed by atoms with van der Waals surface area (Å²) >= 11 is 0. The van der Waals surface area contributed by atoms with E-state index in [0.717, 1.165) is 21.7 Å². The highest BCUT2D eigenvalue weighted by atomic mass is 32.2. The number of nitrogens with one attached hydrogen (secondary N) is 1. The van der Waals surface area contributed by atoms with Gasteiger partial charge in [-0.2, -0.15) is 4.31 Å². The van der Waals surface area contributed by atoms with Crippen LogP contribution < -0.4 is 5.32 Å². The van der Waals surface area contributed by atoms with Crippen LogP contribution in [0.5, 0.6) is 0 Å². The molecule has 2 aromatic carbocycles. The van der Waals surface area contributed by atoms with Crippen molar-refractivity contribution < 1.29 is 18.0 Å². The molecule has 2 amide bonds. The number of nitrogens with zero attached hydrogens (tertiary/aromatic N) is 3. The minimum Gasteiger partial charge on any atom is -0.349 e. The summed E-state index contributed by atoms with van der Waals surface area (Å²) in [6.07, 6.45) is 2.97. The molecule has 0 unspecified atom stereocenters. The van der Waals surface area contributed by atoms with Gasteiger partial charge in [0.2, 0.25) is 21.8 Å². The molecule has 0 aliphatic rings. The number of hydrogen-bond acceptors (Lipinski definition) is 5. The van der Waals surface area contributed by atoms with Gasteiger partial charge in [-0.15, -0.1) is 0 Å². The molecule has 184 valence electrons. The number of sulfonamides is 1. The maximum absolute atomic E-state index is 13.5. The minimum absolute atomic E-state index is 0.159. The number of likely N-dealkylation sites (N-methyl/N-ethyl adjacent to an activating group) is 1. The molecule has 1 aromatic heterocycles. The number of amides is 2. The van der Waals surface area contributed by atoms with Crippen LogP contribution in [0.15, 0.2) is 85.1 Å². The van der Waals surface area contributed by atoms with Crippen molar-refractivity contribution >= 4 is 21.8 Å². The van der Waals surface area contributed by atoms with E-state index in [-0.39, 0.29) is 32.0 Å². The van der Waals surface area contributed by atoms with Gasteiger partial charge in [-0.3, -0.25) is 14.6 Å². The van der Waals surface area contributed by atoms with Crippen molar-refractivity contribution in [3.63, 3.8) is 0 Å². The van der Waals surface area contributed by atoms with Crippen LogP contribution >= 0.6 is 0 Å². The minimum atomic E-state index is -3.58. The SMILES string of the molecule is CN(CC(=O)N(Cc1ccccc1)[C@H](Cc1ccccc1)C(=O)NCc1ccccn1)S(C)(=O)=O. The fourth-order valence-corrected chi connectivity index (χ4v) is 3.88. The third-order valence-corrected chi connectivity index (χ3v) is 6.82. The predicted octanol–water partition coefficient (Wildman–Crippen LogP) is 2.23. The Labute approximate surface area is 206 Å². The first-order valence-electron chi connectivity index (χ1n) is 11.2. The molecule has 1 atom stereocenters. The Hall–Kier alpha value is -3.56. The number of hydrogen-bond donors (Lipinski definition) is 1. The second-order valence-electron chi connectivity index (χ2n) is 8.27. The second kappa shape index (κ2) is 12.2. The Balaban J connectivity index is 1.92. The Bertz CT molecular complexity index is 1210.